The molecule has 0 bridgehead atoms. The Hall–Kier alpha value is -2.22. The molecule has 20 heavy (non-hydrogen) atoms. The molecule has 6 nitrogen and oxygen atoms in total. The normalized spacial score (nSPS) is 11.6. The number of rotatable bonds is 3. The standard InChI is InChI=1S/C12H9FO6S/c1-6-5-10(15)18-12-8(6)3-4-9(11(12)7(2)14)19-20(13,16)17/h3-5H,1-2H3. The predicted octanol–water partition coefficient (Wildman–Crippen LogP) is 1.90. The number of aryl methyl sites for hydroxylation is 1. The van der Waals surface area contributed by atoms with E-state index >= 15 is 0 Å². The number of carbonyl (C=O) groups excluding carboxylic acids is 1. The van der Waals surface area contributed by atoms with Gasteiger partial charge in [-0.05, 0) is 31.5 Å². The van der Waals surface area contributed by atoms with Crippen LogP contribution in [0.25, 0.3) is 11.0 Å². The predicted molar refractivity (Wildman–Crippen MR) is 67.9 cm³/mol. The fourth-order valence-electron chi connectivity index (χ4n) is 1.88. The van der Waals surface area contributed by atoms with Crippen molar-refractivity contribution in [3.05, 3.63) is 39.7 Å². The second kappa shape index (κ2) is 4.71. The maximum absolute atomic E-state index is 12.6. The van der Waals surface area contributed by atoms with Crippen LogP contribution in [0.4, 0.5) is 3.89 Å². The molecule has 0 aliphatic heterocycles. The molecule has 2 aromatic rings. The molecule has 2 rings (SSSR count). The second-order valence-electron chi connectivity index (χ2n) is 4.10. The highest BCUT2D eigenvalue weighted by Crippen LogP contribution is 2.30. The third-order valence-electron chi connectivity index (χ3n) is 2.62. The van der Waals surface area contributed by atoms with Crippen molar-refractivity contribution < 1.29 is 25.7 Å². The molecule has 0 amide bonds. The summed E-state index contributed by atoms with van der Waals surface area (Å²) < 4.78 is 42.7. The molecular formula is C12H9FO6S. The van der Waals surface area contributed by atoms with Gasteiger partial charge in [0.15, 0.2) is 17.1 Å². The van der Waals surface area contributed by atoms with Gasteiger partial charge in [0.05, 0.1) is 0 Å². The van der Waals surface area contributed by atoms with Crippen LogP contribution in [0, 0.1) is 6.92 Å². The van der Waals surface area contributed by atoms with Crippen molar-refractivity contribution in [2.24, 2.45) is 0 Å². The van der Waals surface area contributed by atoms with E-state index in [-0.39, 0.29) is 11.1 Å². The minimum atomic E-state index is -5.29. The number of hydrogen-bond acceptors (Lipinski definition) is 6. The van der Waals surface area contributed by atoms with Gasteiger partial charge in [-0.2, -0.15) is 8.42 Å². The Balaban J connectivity index is 2.89. The maximum atomic E-state index is 12.6. The van der Waals surface area contributed by atoms with Crippen LogP contribution in [0.2, 0.25) is 0 Å². The zero-order valence-electron chi connectivity index (χ0n) is 10.5. The number of carbonyl (C=O) groups is 1. The van der Waals surface area contributed by atoms with Gasteiger partial charge in [-0.1, -0.05) is 3.89 Å². The maximum Gasteiger partial charge on any atom is 0.488 e. The van der Waals surface area contributed by atoms with Gasteiger partial charge in [0, 0.05) is 11.5 Å². The number of benzene rings is 1. The molecule has 0 fully saturated rings. The lowest BCUT2D eigenvalue weighted by Crippen LogP contribution is -2.08. The Kier molecular flexibility index (Phi) is 3.34. The third kappa shape index (κ3) is 2.69. The van der Waals surface area contributed by atoms with Crippen LogP contribution >= 0.6 is 0 Å². The highest BCUT2D eigenvalue weighted by molar-refractivity contribution is 7.81. The van der Waals surface area contributed by atoms with Gasteiger partial charge < -0.3 is 8.60 Å². The number of ketones is 1. The Labute approximate surface area is 113 Å². The van der Waals surface area contributed by atoms with Crippen LogP contribution in [0.15, 0.2) is 27.4 Å². The van der Waals surface area contributed by atoms with Gasteiger partial charge in [0.2, 0.25) is 0 Å². The molecule has 0 unspecified atom stereocenters. The molecule has 0 atom stereocenters. The van der Waals surface area contributed by atoms with Crippen LogP contribution in [0.1, 0.15) is 22.8 Å². The molecule has 1 heterocycles. The van der Waals surface area contributed by atoms with E-state index in [1.165, 1.54) is 12.1 Å². The largest absolute Gasteiger partial charge is 0.488 e. The first-order chi connectivity index (χ1) is 9.19. The quantitative estimate of drug-likeness (QED) is 0.488. The van der Waals surface area contributed by atoms with Crippen molar-refractivity contribution in [2.45, 2.75) is 13.8 Å². The molecule has 0 aliphatic carbocycles. The molecule has 0 aliphatic rings. The molecule has 0 spiro atoms. The first-order valence-electron chi connectivity index (χ1n) is 5.41. The van der Waals surface area contributed by atoms with Crippen molar-refractivity contribution in [2.75, 3.05) is 0 Å². The lowest BCUT2D eigenvalue weighted by atomic mass is 10.0. The Morgan fingerprint density at radius 3 is 2.55 bits per heavy atom. The molecule has 0 N–H and O–H groups in total. The molecule has 0 radical (unpaired) electrons. The van der Waals surface area contributed by atoms with Gasteiger partial charge in [0.25, 0.3) is 0 Å². The summed E-state index contributed by atoms with van der Waals surface area (Å²) in [6.07, 6.45) is 0. The highest BCUT2D eigenvalue weighted by Gasteiger charge is 2.21. The topological polar surface area (TPSA) is 90.7 Å². The monoisotopic (exact) mass is 300 g/mol. The number of halogens is 1. The SMILES string of the molecule is CC(=O)c1c(OS(=O)(=O)F)ccc2c(C)cc(=O)oc12. The lowest BCUT2D eigenvalue weighted by molar-refractivity contribution is 0.101. The van der Waals surface area contributed by atoms with Crippen LogP contribution in [0.5, 0.6) is 5.75 Å². The zero-order chi connectivity index (χ0) is 15.1. The zero-order valence-corrected chi connectivity index (χ0v) is 11.3. The summed E-state index contributed by atoms with van der Waals surface area (Å²) in [5.74, 6) is -1.15. The van der Waals surface area contributed by atoms with Gasteiger partial charge in [-0.3, -0.25) is 4.79 Å². The summed E-state index contributed by atoms with van der Waals surface area (Å²) in [4.78, 5) is 23.0. The second-order valence-corrected chi connectivity index (χ2v) is 5.05. The number of Topliss-reactive ketones (excluding diaryl/α,β-unsaturated/α-hetero) is 1. The van der Waals surface area contributed by atoms with Crippen molar-refractivity contribution in [3.63, 3.8) is 0 Å². The third-order valence-corrected chi connectivity index (χ3v) is 3.00. The van der Waals surface area contributed by atoms with E-state index in [4.69, 9.17) is 4.42 Å². The van der Waals surface area contributed by atoms with E-state index in [0.29, 0.717) is 10.9 Å². The lowest BCUT2D eigenvalue weighted by Gasteiger charge is -2.09. The average molecular weight is 300 g/mol. The van der Waals surface area contributed by atoms with E-state index in [9.17, 15) is 21.9 Å². The molecule has 8 heteroatoms. The van der Waals surface area contributed by atoms with Gasteiger partial charge >= 0.3 is 16.1 Å². The fraction of sp³-hybridized carbons (Fsp3) is 0.167. The molecule has 106 valence electrons. The minimum absolute atomic E-state index is 0.136. The van der Waals surface area contributed by atoms with Crippen molar-refractivity contribution in [1.29, 1.82) is 0 Å². The van der Waals surface area contributed by atoms with E-state index < -0.39 is 27.7 Å². The first-order valence-corrected chi connectivity index (χ1v) is 6.72. The van der Waals surface area contributed by atoms with Crippen molar-refractivity contribution in [1.82, 2.24) is 0 Å². The van der Waals surface area contributed by atoms with E-state index in [2.05, 4.69) is 4.18 Å². The van der Waals surface area contributed by atoms with Gasteiger partial charge in [0.1, 0.15) is 5.56 Å². The Morgan fingerprint density at radius 2 is 2.00 bits per heavy atom. The van der Waals surface area contributed by atoms with Crippen LogP contribution in [0.3, 0.4) is 0 Å². The van der Waals surface area contributed by atoms with E-state index in [0.717, 1.165) is 13.0 Å². The summed E-state index contributed by atoms with van der Waals surface area (Å²) >= 11 is 0. The summed E-state index contributed by atoms with van der Waals surface area (Å²) in [5.41, 5.74) is -0.612. The van der Waals surface area contributed by atoms with Crippen molar-refractivity contribution in [3.8, 4) is 5.75 Å². The molecule has 1 aromatic carbocycles. The molecule has 1 aromatic heterocycles. The number of fused-ring (bicyclic) bond motifs is 1. The van der Waals surface area contributed by atoms with Crippen molar-refractivity contribution >= 4 is 27.3 Å². The van der Waals surface area contributed by atoms with Gasteiger partial charge in [-0.15, -0.1) is 0 Å². The first kappa shape index (κ1) is 14.2. The minimum Gasteiger partial charge on any atom is -0.422 e. The Bertz CT molecular complexity index is 865. The summed E-state index contributed by atoms with van der Waals surface area (Å²) in [7, 11) is -5.29. The van der Waals surface area contributed by atoms with E-state index in [1.807, 2.05) is 0 Å². The van der Waals surface area contributed by atoms with Crippen LogP contribution < -0.4 is 9.81 Å². The fourth-order valence-corrected chi connectivity index (χ4v) is 2.23. The van der Waals surface area contributed by atoms with E-state index in [1.54, 1.807) is 6.92 Å². The summed E-state index contributed by atoms with van der Waals surface area (Å²) in [6, 6.07) is 3.72. The van der Waals surface area contributed by atoms with Gasteiger partial charge in [-0.25, -0.2) is 4.79 Å². The van der Waals surface area contributed by atoms with Crippen LogP contribution in [-0.2, 0) is 10.5 Å². The molecule has 0 saturated heterocycles. The summed E-state index contributed by atoms with van der Waals surface area (Å²) in [6.45, 7) is 2.74. The number of hydrogen-bond donors (Lipinski definition) is 0. The van der Waals surface area contributed by atoms with Crippen LogP contribution in [-0.4, -0.2) is 14.2 Å². The molecular weight excluding hydrogens is 291 g/mol. The average Bonchev–Trinajstić information content (AvgIpc) is 2.24. The Morgan fingerprint density at radius 1 is 1.35 bits per heavy atom. The smallest absolute Gasteiger partial charge is 0.422 e. The molecule has 0 saturated carbocycles. The summed E-state index contributed by atoms with van der Waals surface area (Å²) in [5, 5.41) is 0.429. The highest BCUT2D eigenvalue weighted by atomic mass is 32.3.